The number of nitrogens with one attached hydrogen (secondary N) is 1. The monoisotopic (exact) mass is 258 g/mol. The van der Waals surface area contributed by atoms with Gasteiger partial charge in [-0.05, 0) is 48.4 Å². The minimum Gasteiger partial charge on any atom is -0.381 e. The van der Waals surface area contributed by atoms with Crippen LogP contribution in [0.3, 0.4) is 0 Å². The lowest BCUT2D eigenvalue weighted by molar-refractivity contribution is 0.625. The predicted octanol–water partition coefficient (Wildman–Crippen LogP) is 3.76. The third-order valence-corrected chi connectivity index (χ3v) is 2.86. The summed E-state index contributed by atoms with van der Waals surface area (Å²) in [5, 5.41) is 12.0. The Labute approximate surface area is 110 Å². The van der Waals surface area contributed by atoms with Gasteiger partial charge in [-0.1, -0.05) is 6.07 Å². The van der Waals surface area contributed by atoms with Gasteiger partial charge in [-0.2, -0.15) is 5.26 Å². The molecule has 96 valence electrons. The summed E-state index contributed by atoms with van der Waals surface area (Å²) in [6.45, 7) is 2.11. The molecule has 2 rings (SSSR count). The zero-order valence-corrected chi connectivity index (χ0v) is 10.4. The summed E-state index contributed by atoms with van der Waals surface area (Å²) in [6.07, 6.45) is 0. The van der Waals surface area contributed by atoms with Gasteiger partial charge in [0.1, 0.15) is 11.6 Å². The zero-order chi connectivity index (χ0) is 13.8. The van der Waals surface area contributed by atoms with Crippen LogP contribution in [-0.4, -0.2) is 0 Å². The molecule has 0 aliphatic carbocycles. The van der Waals surface area contributed by atoms with Gasteiger partial charge in [0.2, 0.25) is 0 Å². The highest BCUT2D eigenvalue weighted by molar-refractivity contribution is 5.52. The Kier molecular flexibility index (Phi) is 3.76. The largest absolute Gasteiger partial charge is 0.381 e. The molecule has 0 aromatic heterocycles. The molecule has 0 bridgehead atoms. The highest BCUT2D eigenvalue weighted by Gasteiger charge is 2.05. The van der Waals surface area contributed by atoms with E-state index >= 15 is 0 Å². The fourth-order valence-corrected chi connectivity index (χ4v) is 1.79. The highest BCUT2D eigenvalue weighted by atomic mass is 19.1. The molecule has 4 heteroatoms. The van der Waals surface area contributed by atoms with E-state index in [4.69, 9.17) is 5.26 Å². The van der Waals surface area contributed by atoms with Crippen molar-refractivity contribution in [1.82, 2.24) is 0 Å². The van der Waals surface area contributed by atoms with Crippen molar-refractivity contribution in [3.8, 4) is 6.07 Å². The lowest BCUT2D eigenvalue weighted by Gasteiger charge is -2.10. The molecule has 0 heterocycles. The summed E-state index contributed by atoms with van der Waals surface area (Å²) in [6, 6.07) is 10.4. The van der Waals surface area contributed by atoms with E-state index in [-0.39, 0.29) is 12.4 Å². The first kappa shape index (κ1) is 13.0. The van der Waals surface area contributed by atoms with Crippen molar-refractivity contribution < 1.29 is 8.78 Å². The van der Waals surface area contributed by atoms with Gasteiger partial charge in [0.05, 0.1) is 11.6 Å². The van der Waals surface area contributed by atoms with Crippen LogP contribution in [0.4, 0.5) is 14.5 Å². The summed E-state index contributed by atoms with van der Waals surface area (Å²) in [7, 11) is 0. The number of nitriles is 1. The Morgan fingerprint density at radius 1 is 1.11 bits per heavy atom. The molecule has 0 unspecified atom stereocenters. The summed E-state index contributed by atoms with van der Waals surface area (Å²) >= 11 is 0. The number of anilines is 1. The molecular formula is C15H12F2N2. The number of hydrogen-bond donors (Lipinski definition) is 1. The standard InChI is InChI=1S/C15H12F2N2/c1-10-2-4-14(17)7-15(10)19-9-12-6-13(16)5-3-11(12)8-18/h2-7,19H,9H2,1H3. The van der Waals surface area contributed by atoms with Crippen LogP contribution in [0, 0.1) is 29.9 Å². The van der Waals surface area contributed by atoms with E-state index in [1.165, 1.54) is 30.3 Å². The lowest BCUT2D eigenvalue weighted by atomic mass is 10.1. The minimum absolute atomic E-state index is 0.269. The third-order valence-electron chi connectivity index (χ3n) is 2.86. The second kappa shape index (κ2) is 5.49. The molecule has 19 heavy (non-hydrogen) atoms. The van der Waals surface area contributed by atoms with Crippen LogP contribution in [0.25, 0.3) is 0 Å². The molecule has 1 N–H and O–H groups in total. The summed E-state index contributed by atoms with van der Waals surface area (Å²) in [4.78, 5) is 0. The van der Waals surface area contributed by atoms with Crippen molar-refractivity contribution in [3.05, 3.63) is 64.7 Å². The maximum atomic E-state index is 13.2. The number of nitrogens with zero attached hydrogens (tertiary/aromatic N) is 1. The Hall–Kier alpha value is -2.41. The molecule has 2 aromatic rings. The molecule has 0 saturated heterocycles. The Balaban J connectivity index is 2.21. The van der Waals surface area contributed by atoms with E-state index in [0.29, 0.717) is 16.8 Å². The number of rotatable bonds is 3. The molecule has 0 atom stereocenters. The van der Waals surface area contributed by atoms with E-state index < -0.39 is 5.82 Å². The Morgan fingerprint density at radius 2 is 1.79 bits per heavy atom. The number of aryl methyl sites for hydroxylation is 1. The van der Waals surface area contributed by atoms with Gasteiger partial charge in [-0.3, -0.25) is 0 Å². The van der Waals surface area contributed by atoms with Crippen LogP contribution >= 0.6 is 0 Å². The van der Waals surface area contributed by atoms with Crippen LogP contribution in [0.1, 0.15) is 16.7 Å². The lowest BCUT2D eigenvalue weighted by Crippen LogP contribution is -2.04. The van der Waals surface area contributed by atoms with Gasteiger partial charge in [0.25, 0.3) is 0 Å². The van der Waals surface area contributed by atoms with Crippen LogP contribution < -0.4 is 5.32 Å². The molecule has 0 aliphatic heterocycles. The second-order valence-corrected chi connectivity index (χ2v) is 4.23. The van der Waals surface area contributed by atoms with Crippen molar-refractivity contribution in [3.63, 3.8) is 0 Å². The molecule has 0 radical (unpaired) electrons. The van der Waals surface area contributed by atoms with Gasteiger partial charge in [-0.15, -0.1) is 0 Å². The molecule has 2 aromatic carbocycles. The van der Waals surface area contributed by atoms with Crippen LogP contribution in [0.2, 0.25) is 0 Å². The SMILES string of the molecule is Cc1ccc(F)cc1NCc1cc(F)ccc1C#N. The first-order valence-corrected chi connectivity index (χ1v) is 5.78. The topological polar surface area (TPSA) is 35.8 Å². The van der Waals surface area contributed by atoms with Gasteiger partial charge in [-0.25, -0.2) is 8.78 Å². The van der Waals surface area contributed by atoms with Crippen LogP contribution in [0.15, 0.2) is 36.4 Å². The molecule has 0 saturated carbocycles. The normalized spacial score (nSPS) is 10.0. The molecule has 2 nitrogen and oxygen atoms in total. The maximum Gasteiger partial charge on any atom is 0.125 e. The number of halogens is 2. The van der Waals surface area contributed by atoms with E-state index in [1.807, 2.05) is 13.0 Å². The Bertz CT molecular complexity index is 645. The second-order valence-electron chi connectivity index (χ2n) is 4.23. The minimum atomic E-state index is -0.397. The van der Waals surface area contributed by atoms with Crippen molar-refractivity contribution in [2.24, 2.45) is 0 Å². The quantitative estimate of drug-likeness (QED) is 0.909. The third kappa shape index (κ3) is 3.08. The number of benzene rings is 2. The van der Waals surface area contributed by atoms with E-state index in [9.17, 15) is 8.78 Å². The predicted molar refractivity (Wildman–Crippen MR) is 69.6 cm³/mol. The average Bonchev–Trinajstić information content (AvgIpc) is 2.40. The van der Waals surface area contributed by atoms with Gasteiger partial charge in [0, 0.05) is 12.2 Å². The molecular weight excluding hydrogens is 246 g/mol. The van der Waals surface area contributed by atoms with Crippen molar-refractivity contribution in [2.45, 2.75) is 13.5 Å². The van der Waals surface area contributed by atoms with Gasteiger partial charge < -0.3 is 5.32 Å². The summed E-state index contributed by atoms with van der Waals surface area (Å²) in [5.74, 6) is -0.736. The van der Waals surface area contributed by atoms with Crippen LogP contribution in [0.5, 0.6) is 0 Å². The van der Waals surface area contributed by atoms with Crippen molar-refractivity contribution in [2.75, 3.05) is 5.32 Å². The van der Waals surface area contributed by atoms with E-state index in [2.05, 4.69) is 5.32 Å². The van der Waals surface area contributed by atoms with E-state index in [0.717, 1.165) is 5.56 Å². The first-order valence-electron chi connectivity index (χ1n) is 5.78. The molecule has 0 fully saturated rings. The smallest absolute Gasteiger partial charge is 0.125 e. The fraction of sp³-hybridized carbons (Fsp3) is 0.133. The Morgan fingerprint density at radius 3 is 2.53 bits per heavy atom. The maximum absolute atomic E-state index is 13.2. The first-order chi connectivity index (χ1) is 9.10. The van der Waals surface area contributed by atoms with Crippen molar-refractivity contribution >= 4 is 5.69 Å². The van der Waals surface area contributed by atoms with Gasteiger partial charge >= 0.3 is 0 Å². The molecule has 0 aliphatic rings. The molecule has 0 amide bonds. The van der Waals surface area contributed by atoms with Gasteiger partial charge in [0.15, 0.2) is 0 Å². The fourth-order valence-electron chi connectivity index (χ4n) is 1.79. The summed E-state index contributed by atoms with van der Waals surface area (Å²) in [5.41, 5.74) is 2.47. The average molecular weight is 258 g/mol. The van der Waals surface area contributed by atoms with Crippen molar-refractivity contribution in [1.29, 1.82) is 5.26 Å². The summed E-state index contributed by atoms with van der Waals surface area (Å²) < 4.78 is 26.3. The molecule has 0 spiro atoms. The number of hydrogen-bond acceptors (Lipinski definition) is 2. The highest BCUT2D eigenvalue weighted by Crippen LogP contribution is 2.18. The zero-order valence-electron chi connectivity index (χ0n) is 10.4. The van der Waals surface area contributed by atoms with E-state index in [1.54, 1.807) is 6.07 Å². The van der Waals surface area contributed by atoms with Crippen LogP contribution in [-0.2, 0) is 6.54 Å².